The van der Waals surface area contributed by atoms with Gasteiger partial charge in [-0.1, -0.05) is 20.8 Å². The number of aromatic nitrogens is 2. The third-order valence-electron chi connectivity index (χ3n) is 3.26. The van der Waals surface area contributed by atoms with E-state index in [1.807, 2.05) is 13.8 Å². The third-order valence-corrected chi connectivity index (χ3v) is 3.26. The molecule has 0 fully saturated rings. The van der Waals surface area contributed by atoms with E-state index in [1.54, 1.807) is 0 Å². The van der Waals surface area contributed by atoms with E-state index in [0.717, 1.165) is 31.7 Å². The third kappa shape index (κ3) is 3.96. The number of aromatic amines is 1. The standard InChI is InChI=1S/C13H25N5O/c1-5-10-11(14)12(17-16-10)13(19)15-9(4)8-18(6-2)7-3/h9H,5-8,14H2,1-4H3,(H,15,19)(H,16,17). The zero-order chi connectivity index (χ0) is 14.4. The molecule has 0 radical (unpaired) electrons. The Morgan fingerprint density at radius 1 is 1.42 bits per heavy atom. The van der Waals surface area contributed by atoms with Crippen molar-refractivity contribution in [2.24, 2.45) is 0 Å². The molecule has 0 spiro atoms. The lowest BCUT2D eigenvalue weighted by atomic mass is 10.2. The second kappa shape index (κ2) is 7.13. The van der Waals surface area contributed by atoms with Gasteiger partial charge in [0, 0.05) is 12.6 Å². The summed E-state index contributed by atoms with van der Waals surface area (Å²) in [5, 5.41) is 9.71. The minimum atomic E-state index is -0.215. The highest BCUT2D eigenvalue weighted by molar-refractivity contribution is 5.97. The van der Waals surface area contributed by atoms with Gasteiger partial charge in [-0.05, 0) is 26.4 Å². The quantitative estimate of drug-likeness (QED) is 0.688. The number of nitrogens with two attached hydrogens (primary N) is 1. The summed E-state index contributed by atoms with van der Waals surface area (Å²) in [6.45, 7) is 10.9. The van der Waals surface area contributed by atoms with Crippen LogP contribution < -0.4 is 11.1 Å². The van der Waals surface area contributed by atoms with Crippen molar-refractivity contribution < 1.29 is 4.79 Å². The monoisotopic (exact) mass is 267 g/mol. The van der Waals surface area contributed by atoms with Gasteiger partial charge in [-0.15, -0.1) is 0 Å². The second-order valence-electron chi connectivity index (χ2n) is 4.68. The van der Waals surface area contributed by atoms with Crippen LogP contribution in [-0.4, -0.2) is 46.7 Å². The largest absolute Gasteiger partial charge is 0.395 e. The number of nitrogens with one attached hydrogen (secondary N) is 2. The number of H-pyrrole nitrogens is 1. The van der Waals surface area contributed by atoms with Crippen LogP contribution in [0.2, 0.25) is 0 Å². The van der Waals surface area contributed by atoms with Crippen LogP contribution in [0.1, 0.15) is 43.9 Å². The molecule has 0 saturated carbocycles. The highest BCUT2D eigenvalue weighted by Gasteiger charge is 2.18. The van der Waals surface area contributed by atoms with Crippen LogP contribution in [-0.2, 0) is 6.42 Å². The van der Waals surface area contributed by atoms with Gasteiger partial charge in [-0.25, -0.2) is 0 Å². The van der Waals surface area contributed by atoms with Crippen molar-refractivity contribution in [1.82, 2.24) is 20.4 Å². The first kappa shape index (κ1) is 15.5. The molecule has 6 nitrogen and oxygen atoms in total. The van der Waals surface area contributed by atoms with Gasteiger partial charge < -0.3 is 16.0 Å². The van der Waals surface area contributed by atoms with Crippen LogP contribution in [0.25, 0.3) is 0 Å². The van der Waals surface area contributed by atoms with E-state index in [2.05, 4.69) is 34.3 Å². The zero-order valence-electron chi connectivity index (χ0n) is 12.3. The Morgan fingerprint density at radius 2 is 2.05 bits per heavy atom. The van der Waals surface area contributed by atoms with E-state index in [9.17, 15) is 4.79 Å². The number of nitrogens with zero attached hydrogens (tertiary/aromatic N) is 2. The number of hydrogen-bond acceptors (Lipinski definition) is 4. The molecule has 4 N–H and O–H groups in total. The number of rotatable bonds is 7. The van der Waals surface area contributed by atoms with Crippen LogP contribution in [0.3, 0.4) is 0 Å². The van der Waals surface area contributed by atoms with Crippen molar-refractivity contribution in [3.8, 4) is 0 Å². The number of carbonyl (C=O) groups excluding carboxylic acids is 1. The Balaban J connectivity index is 2.61. The van der Waals surface area contributed by atoms with Gasteiger partial charge in [-0.3, -0.25) is 9.89 Å². The molecule has 1 amide bonds. The Labute approximate surface area is 114 Å². The molecule has 1 heterocycles. The second-order valence-corrected chi connectivity index (χ2v) is 4.68. The molecule has 1 atom stereocenters. The number of anilines is 1. The van der Waals surface area contributed by atoms with Gasteiger partial charge in [0.15, 0.2) is 5.69 Å². The first-order valence-electron chi connectivity index (χ1n) is 6.89. The molecule has 0 aliphatic carbocycles. The number of hydrogen-bond donors (Lipinski definition) is 3. The van der Waals surface area contributed by atoms with Gasteiger partial charge >= 0.3 is 0 Å². The maximum atomic E-state index is 12.1. The Hall–Kier alpha value is -1.56. The Kier molecular flexibility index (Phi) is 5.82. The predicted molar refractivity (Wildman–Crippen MR) is 77.1 cm³/mol. The molecule has 1 unspecified atom stereocenters. The maximum Gasteiger partial charge on any atom is 0.274 e. The fourth-order valence-corrected chi connectivity index (χ4v) is 2.04. The topological polar surface area (TPSA) is 87.0 Å². The number of likely N-dealkylation sites (N-methyl/N-ethyl adjacent to an activating group) is 1. The highest BCUT2D eigenvalue weighted by atomic mass is 16.2. The van der Waals surface area contributed by atoms with Gasteiger partial charge in [0.25, 0.3) is 5.91 Å². The number of carbonyl (C=O) groups is 1. The lowest BCUT2D eigenvalue weighted by molar-refractivity contribution is 0.0926. The van der Waals surface area contributed by atoms with E-state index in [4.69, 9.17) is 5.73 Å². The SMILES string of the molecule is CCc1[nH]nc(C(=O)NC(C)CN(CC)CC)c1N. The molecular formula is C13H25N5O. The molecule has 1 aromatic heterocycles. The number of nitrogen functional groups attached to an aromatic ring is 1. The smallest absolute Gasteiger partial charge is 0.274 e. The fraction of sp³-hybridized carbons (Fsp3) is 0.692. The fourth-order valence-electron chi connectivity index (χ4n) is 2.04. The van der Waals surface area contributed by atoms with E-state index in [-0.39, 0.29) is 11.9 Å². The Bertz CT molecular complexity index is 411. The van der Waals surface area contributed by atoms with E-state index >= 15 is 0 Å². The van der Waals surface area contributed by atoms with Crippen molar-refractivity contribution >= 4 is 11.6 Å². The van der Waals surface area contributed by atoms with Gasteiger partial charge in [0.2, 0.25) is 0 Å². The lowest BCUT2D eigenvalue weighted by Crippen LogP contribution is -2.42. The first-order chi connectivity index (χ1) is 9.03. The molecule has 19 heavy (non-hydrogen) atoms. The van der Waals surface area contributed by atoms with Crippen LogP contribution in [0.4, 0.5) is 5.69 Å². The first-order valence-corrected chi connectivity index (χ1v) is 6.89. The molecule has 1 aromatic rings. The normalized spacial score (nSPS) is 12.7. The molecule has 0 saturated heterocycles. The molecule has 0 aromatic carbocycles. The summed E-state index contributed by atoms with van der Waals surface area (Å²) in [5.41, 5.74) is 7.43. The average Bonchev–Trinajstić information content (AvgIpc) is 2.76. The molecule has 0 aliphatic rings. The number of amides is 1. The van der Waals surface area contributed by atoms with Crippen LogP contribution >= 0.6 is 0 Å². The molecule has 0 aliphatic heterocycles. The van der Waals surface area contributed by atoms with E-state index in [0.29, 0.717) is 11.4 Å². The van der Waals surface area contributed by atoms with Crippen LogP contribution in [0.15, 0.2) is 0 Å². The van der Waals surface area contributed by atoms with Crippen LogP contribution in [0, 0.1) is 0 Å². The van der Waals surface area contributed by atoms with Gasteiger partial charge in [0.1, 0.15) is 0 Å². The summed E-state index contributed by atoms with van der Waals surface area (Å²) in [6.07, 6.45) is 0.737. The lowest BCUT2D eigenvalue weighted by Gasteiger charge is -2.23. The van der Waals surface area contributed by atoms with Crippen molar-refractivity contribution in [2.75, 3.05) is 25.4 Å². The predicted octanol–water partition coefficient (Wildman–Crippen LogP) is 1.01. The van der Waals surface area contributed by atoms with Crippen molar-refractivity contribution in [3.63, 3.8) is 0 Å². The Morgan fingerprint density at radius 3 is 2.53 bits per heavy atom. The van der Waals surface area contributed by atoms with E-state index < -0.39 is 0 Å². The summed E-state index contributed by atoms with van der Waals surface area (Å²) >= 11 is 0. The van der Waals surface area contributed by atoms with Gasteiger partial charge in [0.05, 0.1) is 11.4 Å². The maximum absolute atomic E-state index is 12.1. The van der Waals surface area contributed by atoms with Crippen molar-refractivity contribution in [3.05, 3.63) is 11.4 Å². The average molecular weight is 267 g/mol. The minimum absolute atomic E-state index is 0.0635. The molecule has 0 bridgehead atoms. The number of aryl methyl sites for hydroxylation is 1. The zero-order valence-corrected chi connectivity index (χ0v) is 12.3. The molecule has 1 rings (SSSR count). The van der Waals surface area contributed by atoms with E-state index in [1.165, 1.54) is 0 Å². The molecular weight excluding hydrogens is 242 g/mol. The summed E-state index contributed by atoms with van der Waals surface area (Å²) in [7, 11) is 0. The summed E-state index contributed by atoms with van der Waals surface area (Å²) in [4.78, 5) is 14.3. The van der Waals surface area contributed by atoms with Crippen molar-refractivity contribution in [1.29, 1.82) is 0 Å². The molecule has 6 heteroatoms. The molecule has 108 valence electrons. The minimum Gasteiger partial charge on any atom is -0.395 e. The summed E-state index contributed by atoms with van der Waals surface area (Å²) in [5.74, 6) is -0.215. The van der Waals surface area contributed by atoms with Crippen LogP contribution in [0.5, 0.6) is 0 Å². The van der Waals surface area contributed by atoms with Gasteiger partial charge in [-0.2, -0.15) is 5.10 Å². The summed E-state index contributed by atoms with van der Waals surface area (Å²) < 4.78 is 0. The van der Waals surface area contributed by atoms with Crippen molar-refractivity contribution in [2.45, 2.75) is 40.2 Å². The highest BCUT2D eigenvalue weighted by Crippen LogP contribution is 2.14. The summed E-state index contributed by atoms with van der Waals surface area (Å²) in [6, 6.07) is 0.0635.